The molecule has 23 atom stereocenters. The Labute approximate surface area is 667 Å². The summed E-state index contributed by atoms with van der Waals surface area (Å²) in [5.41, 5.74) is 1.30. The number of hydrogen-bond donors (Lipinski definition) is 21. The van der Waals surface area contributed by atoms with Crippen molar-refractivity contribution in [2.24, 2.45) is 17.8 Å². The largest absolute Gasteiger partial charge is 0.505 e. The van der Waals surface area contributed by atoms with Crippen LogP contribution < -0.4 is 16.0 Å². The van der Waals surface area contributed by atoms with Crippen molar-refractivity contribution in [2.45, 2.75) is 220 Å². The Hall–Kier alpha value is -8.19. The van der Waals surface area contributed by atoms with Crippen LogP contribution in [-0.2, 0) is 57.2 Å². The second-order valence-electron chi connectivity index (χ2n) is 29.5. The first-order valence-corrected chi connectivity index (χ1v) is 37.9. The van der Waals surface area contributed by atoms with Gasteiger partial charge in [-0.15, -0.1) is 0 Å². The summed E-state index contributed by atoms with van der Waals surface area (Å²) in [6.07, 6.45) is -3.37. The zero-order chi connectivity index (χ0) is 86.0. The normalized spacial score (nSPS) is 33.0. The molecule has 1 aromatic rings. The van der Waals surface area contributed by atoms with Gasteiger partial charge >= 0.3 is 17.9 Å². The number of nitrogens with zero attached hydrogens (tertiary/aromatic N) is 2. The van der Waals surface area contributed by atoms with E-state index >= 15 is 0 Å². The number of carbonyl (C=O) groups is 7. The highest BCUT2D eigenvalue weighted by Crippen LogP contribution is 2.39. The van der Waals surface area contributed by atoms with Gasteiger partial charge in [-0.25, -0.2) is 9.59 Å². The Morgan fingerprint density at radius 2 is 1.14 bits per heavy atom. The molecule has 6 rings (SSSR count). The third kappa shape index (κ3) is 34.1. The van der Waals surface area contributed by atoms with Crippen LogP contribution in [0.2, 0.25) is 0 Å². The second kappa shape index (κ2) is 49.8. The van der Waals surface area contributed by atoms with Crippen molar-refractivity contribution >= 4 is 47.0 Å². The maximum Gasteiger partial charge on any atom is 0.377 e. The van der Waals surface area contributed by atoms with Crippen molar-refractivity contribution in [3.8, 4) is 0 Å². The highest BCUT2D eigenvalue weighted by molar-refractivity contribution is 5.96. The lowest BCUT2D eigenvalue weighted by Gasteiger charge is -2.46. The number of carbonyl (C=O) groups excluding carboxylic acids is 7. The number of allylic oxidation sites excluding steroid dienone is 12. The average Bonchev–Trinajstić information content (AvgIpc) is 1.77. The van der Waals surface area contributed by atoms with Crippen LogP contribution in [0.1, 0.15) is 108 Å². The van der Waals surface area contributed by atoms with E-state index in [4.69, 9.17) is 59.8 Å². The molecule has 2 bridgehead atoms. The molecular weight excluding hydrogens is 1510 g/mol. The Kier molecular flexibility index (Phi) is 42.9. The molecular formula is C79H119N5O31. The fourth-order valence-corrected chi connectivity index (χ4v) is 12.9. The minimum absolute atomic E-state index is 0.0513. The predicted molar refractivity (Wildman–Crippen MR) is 412 cm³/mol. The topological polar surface area (TPSA) is 582 Å². The van der Waals surface area contributed by atoms with Crippen LogP contribution >= 0.6 is 0 Å². The first-order chi connectivity index (χ1) is 54.2. The van der Waals surface area contributed by atoms with Crippen LogP contribution in [0.4, 0.5) is 5.69 Å². The number of fused-ring (bicyclic) bond motifs is 2. The van der Waals surface area contributed by atoms with E-state index in [1.165, 1.54) is 6.92 Å². The zero-order valence-electron chi connectivity index (χ0n) is 65.9. The molecule has 115 heavy (non-hydrogen) atoms. The molecule has 5 aliphatic heterocycles. The third-order valence-electron chi connectivity index (χ3n) is 18.9. The molecule has 0 aliphatic carbocycles. The molecule has 0 saturated carbocycles. The molecule has 5 heterocycles. The smallest absolute Gasteiger partial charge is 0.377 e. The van der Waals surface area contributed by atoms with E-state index in [1.54, 1.807) is 129 Å². The van der Waals surface area contributed by atoms with E-state index in [1.807, 2.05) is 38.9 Å². The van der Waals surface area contributed by atoms with Crippen molar-refractivity contribution in [1.82, 2.24) is 20.4 Å². The number of likely N-dealkylation sites (N-methyl/N-ethyl adjacent to an activating group) is 2. The van der Waals surface area contributed by atoms with Crippen LogP contribution in [-0.4, -0.2) is 333 Å². The number of anilines is 1. The molecule has 646 valence electrons. The van der Waals surface area contributed by atoms with Crippen LogP contribution in [0, 0.1) is 17.8 Å². The predicted octanol–water partition coefficient (Wildman–Crippen LogP) is -0.757. The number of nitrogens with one attached hydrogen (secondary N) is 3. The number of esters is 3. The van der Waals surface area contributed by atoms with Crippen molar-refractivity contribution in [3.05, 3.63) is 138 Å². The zero-order valence-corrected chi connectivity index (χ0v) is 65.9. The van der Waals surface area contributed by atoms with Crippen LogP contribution in [0.3, 0.4) is 0 Å². The highest BCUT2D eigenvalue weighted by Gasteiger charge is 2.52. The van der Waals surface area contributed by atoms with Gasteiger partial charge < -0.3 is 146 Å². The summed E-state index contributed by atoms with van der Waals surface area (Å²) in [5.74, 6) is -12.7. The SMILES string of the molecule is CNc1ccc(C(=O)CC(O)CC[C@H](C)[C@H]2OC(=O)C[C@H](O)CC(=O)C[C@H](O)C[C@H](O)C[C@H](O)C[C@H](O)C[C@]3(O)C[C@H](O)[C@@H](C(=O)NCCN(C)C)[C@H](C[C@@H](O[C@@H]4O[C@H](C)[C@@H](O)[C@H](NC(=O)CN(C)C)[C@@H]4O)/C=C/C=C/C=C/C=C\C=C/C=C/C=C/[C@@H]2C)O3)cc1.O=C1O[C@H]([C@@H](O)CO)C(O)=C1O.O=C1O[C@H]([C@@H](O)CO)C(O)=C1O. The fraction of sp³-hybridized carbons (Fsp3) is 0.608. The van der Waals surface area contributed by atoms with Gasteiger partial charge in [0, 0.05) is 75.8 Å². The van der Waals surface area contributed by atoms with Crippen LogP contribution in [0.5, 0.6) is 0 Å². The van der Waals surface area contributed by atoms with Crippen LogP contribution in [0.15, 0.2) is 132 Å². The highest BCUT2D eigenvalue weighted by atomic mass is 16.7. The first kappa shape index (κ1) is 99.2. The van der Waals surface area contributed by atoms with Crippen molar-refractivity contribution < 1.29 is 154 Å². The number of amides is 2. The van der Waals surface area contributed by atoms with Gasteiger partial charge in [-0.05, 0) is 97.4 Å². The monoisotopic (exact) mass is 1630 g/mol. The summed E-state index contributed by atoms with van der Waals surface area (Å²) < 4.78 is 33.3. The lowest BCUT2D eigenvalue weighted by atomic mass is 9.82. The van der Waals surface area contributed by atoms with Gasteiger partial charge in [0.15, 0.2) is 41.6 Å². The Morgan fingerprint density at radius 3 is 1.64 bits per heavy atom. The third-order valence-corrected chi connectivity index (χ3v) is 18.9. The molecule has 1 unspecified atom stereocenters. The first-order valence-electron chi connectivity index (χ1n) is 37.9. The number of hydrogen-bond acceptors (Lipinski definition) is 34. The van der Waals surface area contributed by atoms with E-state index < -0.39 is 251 Å². The van der Waals surface area contributed by atoms with Gasteiger partial charge in [-0.3, -0.25) is 24.0 Å². The van der Waals surface area contributed by atoms with E-state index in [0.717, 1.165) is 5.69 Å². The summed E-state index contributed by atoms with van der Waals surface area (Å²) in [6.45, 7) is 4.47. The Balaban J connectivity index is 0.000000979. The van der Waals surface area contributed by atoms with Gasteiger partial charge in [0.1, 0.15) is 36.3 Å². The van der Waals surface area contributed by atoms with Gasteiger partial charge in [0.05, 0.1) is 99.2 Å². The van der Waals surface area contributed by atoms with E-state index in [9.17, 15) is 84.6 Å². The van der Waals surface area contributed by atoms with E-state index in [2.05, 4.69) is 25.4 Å². The summed E-state index contributed by atoms with van der Waals surface area (Å²) in [7, 11) is 8.75. The summed E-state index contributed by atoms with van der Waals surface area (Å²) in [6, 6.07) is 5.68. The summed E-state index contributed by atoms with van der Waals surface area (Å²) in [4.78, 5) is 90.9. The maximum absolute atomic E-state index is 14.0. The second-order valence-corrected chi connectivity index (χ2v) is 29.5. The maximum atomic E-state index is 14.0. The number of benzene rings is 1. The number of Topliss-reactive ketones (excluding diaryl/α,β-unsaturated/α-hetero) is 2. The standard InChI is InChI=1S/C67H103N5O19.2C6H8O6/c1-42-21-19-17-15-13-11-9-10-12-14-16-18-20-22-54(89-66-63(85)61(62(84)44(3)88-66)70-58(82)41-72(7)8)38-57-60(65(86)69-29-30-71(5)6)56(81)40-67(87,91-57)39-53(79)35-51(77)33-49(75)31-48(74)32-50(76)34-52(78)37-59(83)90-64(42)43(2)23-28-47(73)36-55(80)45-24-26-46(68-4)27-25-45;2*7-1-2(8)5-3(9)4(10)6(11)12-5/h9-22,24-27,42-44,47-49,51-54,56-57,60-64,66,68,73-75,77-79,81,84-85,87H,23,28-41H2,1-8H3,(H,69,86)(H,70,82);2*2,5,7-10H,1H2/b10-9-,13-11-,14-12+,17-15+,18-16+,21-19+,22-20+;;/t42-,43-,44+,47?,48+,49-,51-,52+,53-,54-,56-,57-,60+,61-,62+,63-,64-,66-,67+;2*2-,5+/m000/s1. The summed E-state index contributed by atoms with van der Waals surface area (Å²) >= 11 is 0. The lowest BCUT2D eigenvalue weighted by Crippen LogP contribution is -2.64. The van der Waals surface area contributed by atoms with E-state index in [0.29, 0.717) is 18.5 Å². The number of aliphatic hydroxyl groups excluding tert-OH is 17. The average molecular weight is 1630 g/mol. The van der Waals surface area contributed by atoms with Gasteiger partial charge in [-0.2, -0.15) is 0 Å². The van der Waals surface area contributed by atoms with Crippen molar-refractivity contribution in [3.63, 3.8) is 0 Å². The minimum Gasteiger partial charge on any atom is -0.505 e. The molecule has 2 fully saturated rings. The van der Waals surface area contributed by atoms with Gasteiger partial charge in [0.2, 0.25) is 23.3 Å². The molecule has 21 N–H and O–H groups in total. The number of ether oxygens (including phenoxy) is 6. The molecule has 2 saturated heterocycles. The Morgan fingerprint density at radius 1 is 0.626 bits per heavy atom. The van der Waals surface area contributed by atoms with Crippen LogP contribution in [0.25, 0.3) is 0 Å². The van der Waals surface area contributed by atoms with Crippen molar-refractivity contribution in [2.75, 3.05) is 73.4 Å². The van der Waals surface area contributed by atoms with Crippen molar-refractivity contribution in [1.29, 1.82) is 0 Å². The quantitative estimate of drug-likeness (QED) is 0.0409. The minimum atomic E-state index is -2.32. The fourth-order valence-electron chi connectivity index (χ4n) is 12.9. The van der Waals surface area contributed by atoms with Gasteiger partial charge in [0.25, 0.3) is 0 Å². The molecule has 36 nitrogen and oxygen atoms in total. The Bertz CT molecular complexity index is 3480. The molecule has 0 spiro atoms. The number of cyclic esters (lactones) is 3. The molecule has 0 radical (unpaired) electrons. The lowest BCUT2D eigenvalue weighted by molar-refractivity contribution is -0.307. The number of rotatable bonds is 21. The summed E-state index contributed by atoms with van der Waals surface area (Å²) in [5, 5.41) is 191. The molecule has 5 aliphatic rings. The molecule has 0 aromatic heterocycles. The van der Waals surface area contributed by atoms with E-state index in [-0.39, 0.29) is 50.0 Å². The number of aliphatic hydroxyl groups is 18. The molecule has 1 aromatic carbocycles. The number of ketones is 2. The van der Waals surface area contributed by atoms with Gasteiger partial charge in [-0.1, -0.05) is 98.9 Å². The molecule has 2 amide bonds. The molecule has 36 heteroatoms.